The largest absolute Gasteiger partial charge is 0.338 e. The van der Waals surface area contributed by atoms with E-state index in [2.05, 4.69) is 45.0 Å². The van der Waals surface area contributed by atoms with Crippen molar-refractivity contribution in [2.45, 2.75) is 50.6 Å². The van der Waals surface area contributed by atoms with Crippen molar-refractivity contribution in [3.8, 4) is 0 Å². The van der Waals surface area contributed by atoms with Crippen LogP contribution in [0.2, 0.25) is 0 Å². The minimum Gasteiger partial charge on any atom is -0.338 e. The summed E-state index contributed by atoms with van der Waals surface area (Å²) in [5.41, 5.74) is 3.35. The number of fused-ring (bicyclic) bond motifs is 2. The van der Waals surface area contributed by atoms with E-state index in [1.54, 1.807) is 11.0 Å². The van der Waals surface area contributed by atoms with Gasteiger partial charge in [0.25, 0.3) is 0 Å². The fraction of sp³-hybridized carbons (Fsp3) is 0.526. The van der Waals surface area contributed by atoms with Crippen molar-refractivity contribution >= 4 is 6.03 Å². The molecule has 2 aliphatic carbocycles. The molecule has 1 spiro atoms. The van der Waals surface area contributed by atoms with Crippen molar-refractivity contribution in [3.05, 3.63) is 48.0 Å². The van der Waals surface area contributed by atoms with Crippen LogP contribution in [0.4, 0.5) is 4.79 Å². The van der Waals surface area contributed by atoms with Crippen LogP contribution in [0.1, 0.15) is 37.3 Å². The van der Waals surface area contributed by atoms with Gasteiger partial charge in [-0.15, -0.1) is 0 Å². The zero-order valence-electron chi connectivity index (χ0n) is 14.6. The van der Waals surface area contributed by atoms with Gasteiger partial charge >= 0.3 is 6.03 Å². The highest BCUT2D eigenvalue weighted by atomic mass is 16.2. The topological polar surface area (TPSA) is 71.8 Å². The lowest BCUT2D eigenvalue weighted by atomic mass is 9.95. The standard InChI is InChI=1S/C19H25N5O/c1-14(7-9-24-13-20-12-22-24)23-18(25)21-11-16-10-19(16)8-6-15-4-2-3-5-17(15)19/h2-5,12-14,16H,6-11H2,1H3,(H2,21,23,25). The van der Waals surface area contributed by atoms with Crippen LogP contribution in [0.25, 0.3) is 0 Å². The van der Waals surface area contributed by atoms with Gasteiger partial charge in [-0.3, -0.25) is 4.68 Å². The van der Waals surface area contributed by atoms with Crippen LogP contribution in [0.3, 0.4) is 0 Å². The van der Waals surface area contributed by atoms with Crippen LogP contribution < -0.4 is 10.6 Å². The van der Waals surface area contributed by atoms with Gasteiger partial charge in [-0.1, -0.05) is 24.3 Å². The predicted molar refractivity (Wildman–Crippen MR) is 95.2 cm³/mol. The Morgan fingerprint density at radius 3 is 3.16 bits per heavy atom. The Morgan fingerprint density at radius 1 is 1.44 bits per heavy atom. The number of carbonyl (C=O) groups excluding carboxylic acids is 1. The molecule has 25 heavy (non-hydrogen) atoms. The van der Waals surface area contributed by atoms with Crippen LogP contribution in [0, 0.1) is 5.92 Å². The van der Waals surface area contributed by atoms with E-state index >= 15 is 0 Å². The number of urea groups is 1. The van der Waals surface area contributed by atoms with E-state index in [0.29, 0.717) is 11.3 Å². The lowest BCUT2D eigenvalue weighted by Crippen LogP contribution is -2.42. The fourth-order valence-corrected chi connectivity index (χ4v) is 4.24. The highest BCUT2D eigenvalue weighted by Crippen LogP contribution is 2.61. The first kappa shape index (κ1) is 16.1. The Labute approximate surface area is 148 Å². The van der Waals surface area contributed by atoms with E-state index in [0.717, 1.165) is 19.5 Å². The maximum Gasteiger partial charge on any atom is 0.315 e. The summed E-state index contributed by atoms with van der Waals surface area (Å²) in [6.45, 7) is 3.53. The maximum absolute atomic E-state index is 12.1. The van der Waals surface area contributed by atoms with E-state index in [1.165, 1.54) is 36.7 Å². The molecule has 1 aromatic heterocycles. The molecule has 1 heterocycles. The number of nitrogens with zero attached hydrogens (tertiary/aromatic N) is 3. The molecule has 2 amide bonds. The molecule has 4 rings (SSSR count). The number of amides is 2. The van der Waals surface area contributed by atoms with Crippen molar-refractivity contribution in [2.75, 3.05) is 6.54 Å². The van der Waals surface area contributed by atoms with E-state index < -0.39 is 0 Å². The highest BCUT2D eigenvalue weighted by Gasteiger charge is 2.57. The minimum absolute atomic E-state index is 0.0700. The van der Waals surface area contributed by atoms with E-state index in [-0.39, 0.29) is 12.1 Å². The lowest BCUT2D eigenvalue weighted by Gasteiger charge is -2.16. The third-order valence-corrected chi connectivity index (χ3v) is 5.77. The molecular formula is C19H25N5O. The van der Waals surface area contributed by atoms with Gasteiger partial charge in [0, 0.05) is 24.5 Å². The molecule has 1 fully saturated rings. The number of nitrogens with one attached hydrogen (secondary N) is 2. The number of hydrogen-bond acceptors (Lipinski definition) is 3. The molecule has 132 valence electrons. The van der Waals surface area contributed by atoms with Crippen molar-refractivity contribution in [1.82, 2.24) is 25.4 Å². The summed E-state index contributed by atoms with van der Waals surface area (Å²) in [5, 5.41) is 10.1. The molecule has 0 bridgehead atoms. The van der Waals surface area contributed by atoms with Gasteiger partial charge < -0.3 is 10.6 Å². The van der Waals surface area contributed by atoms with E-state index in [1.807, 2.05) is 6.92 Å². The minimum atomic E-state index is -0.0700. The van der Waals surface area contributed by atoms with Gasteiger partial charge in [0.05, 0.1) is 0 Å². The fourth-order valence-electron chi connectivity index (χ4n) is 4.24. The van der Waals surface area contributed by atoms with Gasteiger partial charge in [-0.05, 0) is 49.7 Å². The van der Waals surface area contributed by atoms with Gasteiger partial charge in [0.2, 0.25) is 0 Å². The predicted octanol–water partition coefficient (Wildman–Crippen LogP) is 2.26. The van der Waals surface area contributed by atoms with Crippen LogP contribution in [0.15, 0.2) is 36.9 Å². The Bertz CT molecular complexity index is 744. The molecule has 2 aromatic rings. The summed E-state index contributed by atoms with van der Waals surface area (Å²) in [6, 6.07) is 8.81. The first-order valence-electron chi connectivity index (χ1n) is 9.12. The van der Waals surface area contributed by atoms with Crippen LogP contribution in [-0.2, 0) is 18.4 Å². The molecule has 3 unspecified atom stereocenters. The SMILES string of the molecule is CC(CCn1cncn1)NC(=O)NCC1CC12CCc1ccccc12. The third kappa shape index (κ3) is 3.25. The second-order valence-corrected chi connectivity index (χ2v) is 7.42. The molecule has 1 aromatic carbocycles. The summed E-state index contributed by atoms with van der Waals surface area (Å²) >= 11 is 0. The zero-order valence-corrected chi connectivity index (χ0v) is 14.6. The summed E-state index contributed by atoms with van der Waals surface area (Å²) in [6.07, 6.45) is 7.66. The number of hydrogen-bond donors (Lipinski definition) is 2. The zero-order chi connectivity index (χ0) is 17.3. The summed E-state index contributed by atoms with van der Waals surface area (Å²) < 4.78 is 1.78. The second kappa shape index (κ2) is 6.50. The van der Waals surface area contributed by atoms with Gasteiger partial charge in [0.1, 0.15) is 12.7 Å². The monoisotopic (exact) mass is 339 g/mol. The summed E-state index contributed by atoms with van der Waals surface area (Å²) in [4.78, 5) is 16.1. The number of aromatic nitrogens is 3. The van der Waals surface area contributed by atoms with Crippen LogP contribution >= 0.6 is 0 Å². The molecule has 6 heteroatoms. The van der Waals surface area contributed by atoms with E-state index in [9.17, 15) is 4.79 Å². The Morgan fingerprint density at radius 2 is 2.32 bits per heavy atom. The smallest absolute Gasteiger partial charge is 0.315 e. The van der Waals surface area contributed by atoms with Crippen molar-refractivity contribution in [1.29, 1.82) is 0 Å². The molecule has 1 saturated carbocycles. The normalized spacial score (nSPS) is 24.8. The molecule has 2 N–H and O–H groups in total. The molecule has 6 nitrogen and oxygen atoms in total. The Balaban J connectivity index is 1.21. The quantitative estimate of drug-likeness (QED) is 0.848. The van der Waals surface area contributed by atoms with E-state index in [4.69, 9.17) is 0 Å². The number of rotatable bonds is 6. The molecule has 0 radical (unpaired) electrons. The molecule has 0 saturated heterocycles. The maximum atomic E-state index is 12.1. The van der Waals surface area contributed by atoms with Gasteiger partial charge in [-0.2, -0.15) is 5.10 Å². The highest BCUT2D eigenvalue weighted by molar-refractivity contribution is 5.74. The van der Waals surface area contributed by atoms with Crippen LogP contribution in [0.5, 0.6) is 0 Å². The average molecular weight is 339 g/mol. The van der Waals surface area contributed by atoms with Crippen molar-refractivity contribution < 1.29 is 4.79 Å². The molecule has 3 atom stereocenters. The second-order valence-electron chi connectivity index (χ2n) is 7.42. The van der Waals surface area contributed by atoms with Crippen molar-refractivity contribution in [3.63, 3.8) is 0 Å². The lowest BCUT2D eigenvalue weighted by molar-refractivity contribution is 0.236. The summed E-state index contributed by atoms with van der Waals surface area (Å²) in [5.74, 6) is 0.576. The van der Waals surface area contributed by atoms with Gasteiger partial charge in [0.15, 0.2) is 0 Å². The Hall–Kier alpha value is -2.37. The number of carbonyl (C=O) groups is 1. The average Bonchev–Trinajstić information content (AvgIpc) is 2.95. The molecule has 0 aliphatic heterocycles. The van der Waals surface area contributed by atoms with Crippen LogP contribution in [-0.4, -0.2) is 33.4 Å². The first-order chi connectivity index (χ1) is 12.2. The molecular weight excluding hydrogens is 314 g/mol. The summed E-state index contributed by atoms with van der Waals surface area (Å²) in [7, 11) is 0. The number of aryl methyl sites for hydroxylation is 2. The molecule has 2 aliphatic rings. The Kier molecular flexibility index (Phi) is 4.19. The van der Waals surface area contributed by atoms with Crippen molar-refractivity contribution in [2.24, 2.45) is 5.92 Å². The van der Waals surface area contributed by atoms with Gasteiger partial charge in [-0.25, -0.2) is 9.78 Å². The number of benzene rings is 1. The third-order valence-electron chi connectivity index (χ3n) is 5.77. The first-order valence-corrected chi connectivity index (χ1v) is 9.12.